The number of nitrogens with one attached hydrogen (secondary N) is 1. The van der Waals surface area contributed by atoms with Crippen molar-refractivity contribution in [1.29, 1.82) is 0 Å². The Morgan fingerprint density at radius 3 is 1.83 bits per heavy atom. The van der Waals surface area contributed by atoms with E-state index in [-0.39, 0.29) is 40.6 Å². The lowest BCUT2D eigenvalue weighted by molar-refractivity contribution is -0.123. The molecule has 0 atom stereocenters. The van der Waals surface area contributed by atoms with Gasteiger partial charge in [0.1, 0.15) is 0 Å². The molecule has 3 nitrogen and oxygen atoms in total. The molecule has 1 aliphatic rings. The Labute approximate surface area is 118 Å². The minimum absolute atomic E-state index is 0. The van der Waals surface area contributed by atoms with E-state index in [4.69, 9.17) is 5.73 Å². The fourth-order valence-electron chi connectivity index (χ4n) is 2.72. The summed E-state index contributed by atoms with van der Waals surface area (Å²) in [5.41, 5.74) is 6.14. The van der Waals surface area contributed by atoms with Gasteiger partial charge in [0.15, 0.2) is 0 Å². The molecule has 0 saturated heterocycles. The van der Waals surface area contributed by atoms with Gasteiger partial charge in [0.2, 0.25) is 5.91 Å². The first-order chi connectivity index (χ1) is 7.62. The molecule has 0 bridgehead atoms. The van der Waals surface area contributed by atoms with Crippen LogP contribution in [0.15, 0.2) is 0 Å². The van der Waals surface area contributed by atoms with Crippen LogP contribution in [0.25, 0.3) is 0 Å². The van der Waals surface area contributed by atoms with Crippen LogP contribution in [0, 0.1) is 16.7 Å². The second kappa shape index (κ2) is 5.38. The predicted octanol–water partition coefficient (Wildman–Crippen LogP) is 2.72. The second-order valence-corrected chi connectivity index (χ2v) is 6.66. The van der Waals surface area contributed by atoms with Crippen LogP contribution in [0.5, 0.6) is 0 Å². The summed E-state index contributed by atoms with van der Waals surface area (Å²) >= 11 is 0. The van der Waals surface area contributed by atoms with Crippen molar-refractivity contribution in [2.45, 2.75) is 59.9 Å². The summed E-state index contributed by atoms with van der Waals surface area (Å²) in [5.74, 6) is 0.282. The van der Waals surface area contributed by atoms with Gasteiger partial charge in [0, 0.05) is 18.0 Å². The average molecular weight is 277 g/mol. The number of hydrogen-bond acceptors (Lipinski definition) is 2. The molecule has 0 aromatic rings. The van der Waals surface area contributed by atoms with Gasteiger partial charge in [-0.2, -0.15) is 0 Å². The van der Waals surface area contributed by atoms with Gasteiger partial charge in [-0.05, 0) is 23.7 Å². The Hall–Kier alpha value is -0.280. The SMILES string of the molecule is CCC(N)(CC)CNC(=O)C1C(C)(C)C1(C)C.Cl. The van der Waals surface area contributed by atoms with E-state index < -0.39 is 0 Å². The van der Waals surface area contributed by atoms with Crippen LogP contribution in [0.4, 0.5) is 0 Å². The summed E-state index contributed by atoms with van der Waals surface area (Å²) in [6.45, 7) is 13.4. The van der Waals surface area contributed by atoms with Crippen molar-refractivity contribution in [3.05, 3.63) is 0 Å². The second-order valence-electron chi connectivity index (χ2n) is 6.66. The summed E-state index contributed by atoms with van der Waals surface area (Å²) in [6, 6.07) is 0. The Morgan fingerprint density at radius 2 is 1.56 bits per heavy atom. The predicted molar refractivity (Wildman–Crippen MR) is 78.8 cm³/mol. The topological polar surface area (TPSA) is 55.1 Å². The van der Waals surface area contributed by atoms with Gasteiger partial charge < -0.3 is 11.1 Å². The highest BCUT2D eigenvalue weighted by Gasteiger charge is 2.68. The largest absolute Gasteiger partial charge is 0.354 e. The van der Waals surface area contributed by atoms with E-state index in [2.05, 4.69) is 46.9 Å². The number of rotatable bonds is 5. The molecule has 1 saturated carbocycles. The Bertz CT molecular complexity index is 295. The van der Waals surface area contributed by atoms with Crippen molar-refractivity contribution in [2.75, 3.05) is 6.54 Å². The number of halogens is 1. The zero-order chi connectivity index (χ0) is 13.5. The molecule has 0 spiro atoms. The first kappa shape index (κ1) is 17.7. The summed E-state index contributed by atoms with van der Waals surface area (Å²) < 4.78 is 0. The van der Waals surface area contributed by atoms with Gasteiger partial charge >= 0.3 is 0 Å². The van der Waals surface area contributed by atoms with Gasteiger partial charge in [-0.15, -0.1) is 12.4 Å². The van der Waals surface area contributed by atoms with Crippen LogP contribution in [-0.4, -0.2) is 18.0 Å². The van der Waals surface area contributed by atoms with Crippen molar-refractivity contribution >= 4 is 18.3 Å². The minimum atomic E-state index is -0.251. The molecule has 1 fully saturated rings. The maximum absolute atomic E-state index is 12.1. The average Bonchev–Trinajstić information content (AvgIpc) is 2.66. The third-order valence-electron chi connectivity index (χ3n) is 5.31. The van der Waals surface area contributed by atoms with Gasteiger partial charge in [-0.1, -0.05) is 41.5 Å². The third kappa shape index (κ3) is 2.83. The molecule has 18 heavy (non-hydrogen) atoms. The molecule has 0 radical (unpaired) electrons. The lowest BCUT2D eigenvalue weighted by atomic mass is 9.94. The fraction of sp³-hybridized carbons (Fsp3) is 0.929. The van der Waals surface area contributed by atoms with Crippen LogP contribution in [0.3, 0.4) is 0 Å². The molecule has 1 amide bonds. The van der Waals surface area contributed by atoms with Crippen LogP contribution in [-0.2, 0) is 4.79 Å². The van der Waals surface area contributed by atoms with Crippen LogP contribution >= 0.6 is 12.4 Å². The molecule has 108 valence electrons. The molecular weight excluding hydrogens is 248 g/mol. The van der Waals surface area contributed by atoms with E-state index in [1.165, 1.54) is 0 Å². The standard InChI is InChI=1S/C14H28N2O.ClH/c1-7-14(15,8-2)9-16-11(17)10-12(3,4)13(10,5)6;/h10H,7-9,15H2,1-6H3,(H,16,17);1H. The highest BCUT2D eigenvalue weighted by molar-refractivity contribution is 5.85. The normalized spacial score (nSPS) is 21.1. The minimum Gasteiger partial charge on any atom is -0.354 e. The fourth-order valence-corrected chi connectivity index (χ4v) is 2.72. The van der Waals surface area contributed by atoms with Crippen LogP contribution < -0.4 is 11.1 Å². The lowest BCUT2D eigenvalue weighted by Crippen LogP contribution is -2.49. The smallest absolute Gasteiger partial charge is 0.224 e. The molecule has 1 rings (SSSR count). The van der Waals surface area contributed by atoms with Crippen LogP contribution in [0.1, 0.15) is 54.4 Å². The Kier molecular flexibility index (Phi) is 5.29. The van der Waals surface area contributed by atoms with Gasteiger partial charge in [0.25, 0.3) is 0 Å². The maximum Gasteiger partial charge on any atom is 0.224 e. The van der Waals surface area contributed by atoms with Crippen molar-refractivity contribution in [3.8, 4) is 0 Å². The van der Waals surface area contributed by atoms with E-state index >= 15 is 0 Å². The molecule has 0 aromatic carbocycles. The number of carbonyl (C=O) groups is 1. The molecule has 4 heteroatoms. The number of nitrogens with two attached hydrogens (primary N) is 1. The zero-order valence-electron chi connectivity index (χ0n) is 12.6. The monoisotopic (exact) mass is 276 g/mol. The van der Waals surface area contributed by atoms with Crippen molar-refractivity contribution in [2.24, 2.45) is 22.5 Å². The molecule has 0 heterocycles. The van der Waals surface area contributed by atoms with E-state index in [1.807, 2.05) is 0 Å². The molecule has 0 aliphatic heterocycles. The first-order valence-corrected chi connectivity index (χ1v) is 6.69. The lowest BCUT2D eigenvalue weighted by Gasteiger charge is -2.27. The van der Waals surface area contributed by atoms with Crippen molar-refractivity contribution < 1.29 is 4.79 Å². The third-order valence-corrected chi connectivity index (χ3v) is 5.31. The molecule has 1 aliphatic carbocycles. The summed E-state index contributed by atoms with van der Waals surface area (Å²) in [4.78, 5) is 12.1. The van der Waals surface area contributed by atoms with E-state index in [1.54, 1.807) is 0 Å². The summed E-state index contributed by atoms with van der Waals surface area (Å²) in [6.07, 6.45) is 1.78. The van der Waals surface area contributed by atoms with Gasteiger partial charge in [-0.3, -0.25) is 4.79 Å². The Balaban J connectivity index is 0.00000289. The van der Waals surface area contributed by atoms with E-state index in [9.17, 15) is 4.79 Å². The van der Waals surface area contributed by atoms with Gasteiger partial charge in [-0.25, -0.2) is 0 Å². The number of carbonyl (C=O) groups excluding carboxylic acids is 1. The quantitative estimate of drug-likeness (QED) is 0.811. The van der Waals surface area contributed by atoms with Crippen LogP contribution in [0.2, 0.25) is 0 Å². The molecule has 0 aromatic heterocycles. The molecule has 0 unspecified atom stereocenters. The van der Waals surface area contributed by atoms with Crippen molar-refractivity contribution in [3.63, 3.8) is 0 Å². The van der Waals surface area contributed by atoms with E-state index in [0.717, 1.165) is 12.8 Å². The number of amides is 1. The molecule has 3 N–H and O–H groups in total. The maximum atomic E-state index is 12.1. The highest BCUT2D eigenvalue weighted by Crippen LogP contribution is 2.68. The highest BCUT2D eigenvalue weighted by atomic mass is 35.5. The summed E-state index contributed by atoms with van der Waals surface area (Å²) in [7, 11) is 0. The van der Waals surface area contributed by atoms with Crippen molar-refractivity contribution in [1.82, 2.24) is 5.32 Å². The van der Waals surface area contributed by atoms with E-state index in [0.29, 0.717) is 6.54 Å². The Morgan fingerprint density at radius 1 is 1.17 bits per heavy atom. The zero-order valence-corrected chi connectivity index (χ0v) is 13.4. The molecular formula is C14H29ClN2O. The van der Waals surface area contributed by atoms with Gasteiger partial charge in [0.05, 0.1) is 0 Å². The number of hydrogen-bond donors (Lipinski definition) is 2. The summed E-state index contributed by atoms with van der Waals surface area (Å²) in [5, 5.41) is 3.03. The first-order valence-electron chi connectivity index (χ1n) is 6.69.